The van der Waals surface area contributed by atoms with Gasteiger partial charge in [-0.25, -0.2) is 5.43 Å². The molecule has 9 rings (SSSR count). The van der Waals surface area contributed by atoms with Crippen LogP contribution in [-0.2, 0) is 12.0 Å². The van der Waals surface area contributed by atoms with Crippen molar-refractivity contribution in [1.29, 1.82) is 0 Å². The average Bonchev–Trinajstić information content (AvgIpc) is 3.57. The van der Waals surface area contributed by atoms with Crippen molar-refractivity contribution in [1.82, 2.24) is 10.9 Å². The summed E-state index contributed by atoms with van der Waals surface area (Å²) in [4.78, 5) is 4.89. The zero-order valence-electron chi connectivity index (χ0n) is 31.0. The Kier molecular flexibility index (Phi) is 9.88. The number of rotatable bonds is 12. The van der Waals surface area contributed by atoms with Crippen LogP contribution in [0.4, 0.5) is 11.4 Å². The molecule has 8 aromatic rings. The Morgan fingerprint density at radius 3 is 1.82 bits per heavy atom. The second-order valence-electron chi connectivity index (χ2n) is 14.1. The molecule has 3 N–H and O–H groups in total. The minimum atomic E-state index is -0.474. The minimum Gasteiger partial charge on any atom is -0.355 e. The van der Waals surface area contributed by atoms with Crippen molar-refractivity contribution in [2.75, 3.05) is 5.32 Å². The number of hydrogen-bond donors (Lipinski definition) is 3. The third-order valence-electron chi connectivity index (χ3n) is 10.7. The Hall–Kier alpha value is -6.85. The molecule has 270 valence electrons. The molecular weight excluding hydrogens is 681 g/mol. The summed E-state index contributed by atoms with van der Waals surface area (Å²) in [5.41, 5.74) is 21.8. The molecule has 0 aliphatic heterocycles. The summed E-state index contributed by atoms with van der Waals surface area (Å²) in [6.07, 6.45) is 1.67. The van der Waals surface area contributed by atoms with Crippen LogP contribution in [0.25, 0.3) is 22.3 Å². The predicted octanol–water partition coefficient (Wildman–Crippen LogP) is 11.9. The van der Waals surface area contributed by atoms with Crippen LogP contribution in [-0.4, -0.2) is 6.21 Å². The van der Waals surface area contributed by atoms with Crippen LogP contribution in [0.2, 0.25) is 0 Å². The number of fused-ring (bicyclic) bond motifs is 3. The molecule has 1 atom stereocenters. The Bertz CT molecular complexity index is 2530. The first kappa shape index (κ1) is 34.9. The molecule has 4 nitrogen and oxygen atoms in total. The quantitative estimate of drug-likeness (QED) is 0.0869. The largest absolute Gasteiger partial charge is 0.355 e. The molecule has 0 amide bonds. The zero-order valence-corrected chi connectivity index (χ0v) is 31.0. The SMILES string of the molecule is C(=N\C(NNCc1cccc(Nc2ccc3c(c2-c2ccccc2)-c2ccccc2C3(c2ccccc2)c2ccccc2)c1)c1ccccc1)/c1ccccc1. The fourth-order valence-electron chi connectivity index (χ4n) is 8.25. The molecular formula is C52H42N4. The topological polar surface area (TPSA) is 48.5 Å². The number of nitrogens with zero attached hydrogens (tertiary/aromatic N) is 1. The summed E-state index contributed by atoms with van der Waals surface area (Å²) in [6.45, 7) is 0.611. The smallest absolute Gasteiger partial charge is 0.137 e. The zero-order chi connectivity index (χ0) is 37.6. The van der Waals surface area contributed by atoms with E-state index >= 15 is 0 Å². The van der Waals surface area contributed by atoms with Crippen LogP contribution < -0.4 is 16.2 Å². The molecule has 0 saturated carbocycles. The number of hydrogen-bond acceptors (Lipinski definition) is 4. The third kappa shape index (κ3) is 6.73. The predicted molar refractivity (Wildman–Crippen MR) is 232 cm³/mol. The van der Waals surface area contributed by atoms with E-state index in [0.29, 0.717) is 6.54 Å². The van der Waals surface area contributed by atoms with Gasteiger partial charge in [-0.15, -0.1) is 0 Å². The first-order valence-corrected chi connectivity index (χ1v) is 19.2. The van der Waals surface area contributed by atoms with Crippen molar-refractivity contribution in [2.45, 2.75) is 18.1 Å². The van der Waals surface area contributed by atoms with Gasteiger partial charge in [0, 0.05) is 29.7 Å². The molecule has 1 unspecified atom stereocenters. The molecule has 0 spiro atoms. The second kappa shape index (κ2) is 15.9. The maximum atomic E-state index is 4.89. The highest BCUT2D eigenvalue weighted by Crippen LogP contribution is 2.59. The first-order valence-electron chi connectivity index (χ1n) is 19.2. The molecule has 8 aromatic carbocycles. The van der Waals surface area contributed by atoms with Crippen molar-refractivity contribution < 1.29 is 0 Å². The van der Waals surface area contributed by atoms with E-state index in [0.717, 1.165) is 28.1 Å². The van der Waals surface area contributed by atoms with Crippen LogP contribution in [0.15, 0.2) is 217 Å². The molecule has 0 saturated heterocycles. The summed E-state index contributed by atoms with van der Waals surface area (Å²) in [5.74, 6) is 0. The Morgan fingerprint density at radius 1 is 0.518 bits per heavy atom. The van der Waals surface area contributed by atoms with E-state index in [-0.39, 0.29) is 6.17 Å². The lowest BCUT2D eigenvalue weighted by Gasteiger charge is -2.34. The van der Waals surface area contributed by atoms with Crippen LogP contribution in [0.5, 0.6) is 0 Å². The van der Waals surface area contributed by atoms with Crippen molar-refractivity contribution in [2.24, 2.45) is 4.99 Å². The lowest BCUT2D eigenvalue weighted by atomic mass is 9.67. The maximum Gasteiger partial charge on any atom is 0.137 e. The molecule has 0 radical (unpaired) electrons. The first-order chi connectivity index (χ1) is 27.8. The monoisotopic (exact) mass is 722 g/mol. The fourth-order valence-corrected chi connectivity index (χ4v) is 8.25. The van der Waals surface area contributed by atoms with E-state index in [4.69, 9.17) is 4.99 Å². The average molecular weight is 723 g/mol. The van der Waals surface area contributed by atoms with E-state index in [9.17, 15) is 0 Å². The van der Waals surface area contributed by atoms with Gasteiger partial charge in [0.1, 0.15) is 6.17 Å². The van der Waals surface area contributed by atoms with Gasteiger partial charge in [0.25, 0.3) is 0 Å². The number of hydrazine groups is 1. The normalized spacial score (nSPS) is 13.2. The number of anilines is 2. The van der Waals surface area contributed by atoms with Gasteiger partial charge in [-0.1, -0.05) is 194 Å². The van der Waals surface area contributed by atoms with Gasteiger partial charge < -0.3 is 5.32 Å². The maximum absolute atomic E-state index is 4.89. The molecule has 56 heavy (non-hydrogen) atoms. The Morgan fingerprint density at radius 2 is 1.12 bits per heavy atom. The van der Waals surface area contributed by atoms with E-state index in [1.807, 2.05) is 42.6 Å². The van der Waals surface area contributed by atoms with Gasteiger partial charge in [-0.05, 0) is 73.8 Å². The van der Waals surface area contributed by atoms with E-state index in [2.05, 4.69) is 192 Å². The number of aliphatic imine (C=N–C) groups is 1. The van der Waals surface area contributed by atoms with Gasteiger partial charge in [-0.3, -0.25) is 10.4 Å². The Labute approximate surface area is 329 Å². The molecule has 0 heterocycles. The second-order valence-corrected chi connectivity index (χ2v) is 14.1. The van der Waals surface area contributed by atoms with Crippen LogP contribution >= 0.6 is 0 Å². The van der Waals surface area contributed by atoms with Gasteiger partial charge in [0.05, 0.1) is 5.41 Å². The lowest BCUT2D eigenvalue weighted by Crippen LogP contribution is -2.34. The Balaban J connectivity index is 1.07. The van der Waals surface area contributed by atoms with E-state index in [1.165, 1.54) is 44.5 Å². The van der Waals surface area contributed by atoms with Gasteiger partial charge >= 0.3 is 0 Å². The van der Waals surface area contributed by atoms with E-state index < -0.39 is 5.41 Å². The third-order valence-corrected chi connectivity index (χ3v) is 10.7. The fraction of sp³-hybridized carbons (Fsp3) is 0.0577. The highest BCUT2D eigenvalue weighted by Gasteiger charge is 2.47. The summed E-state index contributed by atoms with van der Waals surface area (Å²) >= 11 is 0. The van der Waals surface area contributed by atoms with Crippen molar-refractivity contribution in [3.05, 3.63) is 251 Å². The highest BCUT2D eigenvalue weighted by molar-refractivity contribution is 6.01. The van der Waals surface area contributed by atoms with Crippen LogP contribution in [0.1, 0.15) is 45.1 Å². The highest BCUT2D eigenvalue weighted by atomic mass is 15.4. The number of benzene rings is 8. The van der Waals surface area contributed by atoms with Gasteiger partial charge in [0.2, 0.25) is 0 Å². The van der Waals surface area contributed by atoms with Crippen LogP contribution in [0.3, 0.4) is 0 Å². The van der Waals surface area contributed by atoms with Crippen molar-refractivity contribution in [3.8, 4) is 22.3 Å². The van der Waals surface area contributed by atoms with Gasteiger partial charge in [0.15, 0.2) is 0 Å². The summed E-state index contributed by atoms with van der Waals surface area (Å²) in [6, 6.07) is 75.4. The lowest BCUT2D eigenvalue weighted by molar-refractivity contribution is 0.449. The summed E-state index contributed by atoms with van der Waals surface area (Å²) in [7, 11) is 0. The number of nitrogens with one attached hydrogen (secondary N) is 3. The summed E-state index contributed by atoms with van der Waals surface area (Å²) < 4.78 is 0. The minimum absolute atomic E-state index is 0.251. The molecule has 1 aliphatic rings. The molecule has 0 bridgehead atoms. The van der Waals surface area contributed by atoms with Gasteiger partial charge in [-0.2, -0.15) is 0 Å². The van der Waals surface area contributed by atoms with Crippen molar-refractivity contribution in [3.63, 3.8) is 0 Å². The molecule has 0 aromatic heterocycles. The summed E-state index contributed by atoms with van der Waals surface area (Å²) in [5, 5.41) is 3.87. The van der Waals surface area contributed by atoms with Crippen molar-refractivity contribution >= 4 is 17.6 Å². The molecule has 1 aliphatic carbocycles. The molecule has 0 fully saturated rings. The van der Waals surface area contributed by atoms with Crippen LogP contribution in [0, 0.1) is 0 Å². The molecule has 4 heteroatoms. The standard InChI is InChI=1S/C52H42N4/c1-6-19-38(20-7-1)36-53-51(41-24-10-3-11-25-41)56-54-37-39-21-18-30-44(35-39)55-48-34-33-47-50(49(48)40-22-8-2-9-23-40)45-31-16-17-32-46(45)52(47,42-26-12-4-13-27-42)43-28-14-5-15-29-43/h1-36,51,54-56H,37H2/b53-36+. The van der Waals surface area contributed by atoms with E-state index in [1.54, 1.807) is 0 Å².